The third-order valence-electron chi connectivity index (χ3n) is 12.0. The van der Waals surface area contributed by atoms with Gasteiger partial charge in [0.15, 0.2) is 0 Å². The number of benzene rings is 6. The SMILES string of the molecule is CC(C)(C)c1ccc2c(c1)c1cc(C(C)(C)C)ccc1n2-c1cc(-c2c(F)cc(F)cc2F)cc(-n2c3ccc(C(C)(C)C)cc3c3cc(C(C)(C)C)ccc32)c1C#N. The smallest absolute Gasteiger partial charge is 0.136 e. The lowest BCUT2D eigenvalue weighted by Gasteiger charge is -2.21. The fraction of sp³-hybridized carbons (Fsp3) is 0.302. The van der Waals surface area contributed by atoms with Crippen LogP contribution in [0.4, 0.5) is 13.2 Å². The van der Waals surface area contributed by atoms with Gasteiger partial charge in [0.05, 0.1) is 39.0 Å². The zero-order chi connectivity index (χ0) is 42.7. The maximum Gasteiger partial charge on any atom is 0.136 e. The molecule has 0 spiro atoms. The number of aromatic nitrogens is 2. The standard InChI is InChI=1S/C53H52F3N3/c1-50(2,3)31-13-17-43-36(23-31)37-24-32(51(4,5)6)14-18-44(37)58(43)47-21-30(49-41(55)27-35(54)28-42(49)56)22-48(40(47)29-57)59-45-19-15-33(52(7,8)9)25-38(45)39-26-34(53(10,11)12)16-20-46(39)59/h13-28H,1-12H3. The average molecular weight is 788 g/mol. The summed E-state index contributed by atoms with van der Waals surface area (Å²) in [5.74, 6) is -3.05. The monoisotopic (exact) mass is 787 g/mol. The van der Waals surface area contributed by atoms with Crippen LogP contribution >= 0.6 is 0 Å². The second-order valence-corrected chi connectivity index (χ2v) is 20.3. The highest BCUT2D eigenvalue weighted by atomic mass is 19.1. The van der Waals surface area contributed by atoms with Gasteiger partial charge in [-0.1, -0.05) is 107 Å². The third-order valence-corrected chi connectivity index (χ3v) is 12.0. The summed E-state index contributed by atoms with van der Waals surface area (Å²) in [4.78, 5) is 0. The van der Waals surface area contributed by atoms with E-state index in [2.05, 4.69) is 171 Å². The first-order valence-electron chi connectivity index (χ1n) is 20.4. The van der Waals surface area contributed by atoms with E-state index in [1.807, 2.05) is 0 Å². The van der Waals surface area contributed by atoms with Crippen LogP contribution in [0.15, 0.2) is 97.1 Å². The molecule has 0 aliphatic heterocycles. The summed E-state index contributed by atoms with van der Waals surface area (Å²) >= 11 is 0. The Hall–Kier alpha value is -5.80. The summed E-state index contributed by atoms with van der Waals surface area (Å²) in [6, 6.07) is 33.1. The van der Waals surface area contributed by atoms with Gasteiger partial charge in [-0.2, -0.15) is 5.26 Å². The first kappa shape index (κ1) is 40.0. The summed E-state index contributed by atoms with van der Waals surface area (Å²) in [5, 5.41) is 15.5. The number of fused-ring (bicyclic) bond motifs is 6. The normalized spacial score (nSPS) is 13.0. The highest BCUT2D eigenvalue weighted by molar-refractivity contribution is 6.12. The number of hydrogen-bond donors (Lipinski definition) is 0. The van der Waals surface area contributed by atoms with Crippen LogP contribution in [0.1, 0.15) is 111 Å². The van der Waals surface area contributed by atoms with Crippen molar-refractivity contribution in [1.82, 2.24) is 9.13 Å². The van der Waals surface area contributed by atoms with Gasteiger partial charge in [0, 0.05) is 33.7 Å². The lowest BCUT2D eigenvalue weighted by atomic mass is 9.85. The summed E-state index contributed by atoms with van der Waals surface area (Å²) in [5.41, 5.74) is 8.56. The first-order chi connectivity index (χ1) is 27.5. The van der Waals surface area contributed by atoms with Gasteiger partial charge in [0.1, 0.15) is 29.1 Å². The van der Waals surface area contributed by atoms with Crippen molar-refractivity contribution >= 4 is 43.6 Å². The minimum atomic E-state index is -1.03. The van der Waals surface area contributed by atoms with Crippen molar-refractivity contribution in [2.45, 2.75) is 105 Å². The fourth-order valence-electron chi connectivity index (χ4n) is 8.47. The van der Waals surface area contributed by atoms with Gasteiger partial charge in [-0.05, 0) is 110 Å². The molecule has 0 aliphatic carbocycles. The van der Waals surface area contributed by atoms with Crippen LogP contribution in [0.2, 0.25) is 0 Å². The number of hydrogen-bond acceptors (Lipinski definition) is 1. The van der Waals surface area contributed by atoms with Crippen molar-refractivity contribution in [1.29, 1.82) is 5.26 Å². The van der Waals surface area contributed by atoms with E-state index in [9.17, 15) is 9.65 Å². The molecule has 2 aromatic heterocycles. The Kier molecular flexibility index (Phi) is 9.06. The van der Waals surface area contributed by atoms with Gasteiger partial charge in [-0.15, -0.1) is 0 Å². The molecule has 6 aromatic carbocycles. The number of nitriles is 1. The van der Waals surface area contributed by atoms with E-state index in [0.717, 1.165) is 65.9 Å². The molecule has 0 fully saturated rings. The quantitative estimate of drug-likeness (QED) is 0.176. The van der Waals surface area contributed by atoms with E-state index in [4.69, 9.17) is 0 Å². The second kappa shape index (κ2) is 13.4. The number of rotatable bonds is 3. The Labute approximate surface area is 345 Å². The average Bonchev–Trinajstić information content (AvgIpc) is 3.64. The number of halogens is 3. The summed E-state index contributed by atoms with van der Waals surface area (Å²) in [6.07, 6.45) is 0. The molecular weight excluding hydrogens is 736 g/mol. The van der Waals surface area contributed by atoms with E-state index < -0.39 is 17.5 Å². The van der Waals surface area contributed by atoms with Crippen LogP contribution in [-0.2, 0) is 21.7 Å². The lowest BCUT2D eigenvalue weighted by Crippen LogP contribution is -2.11. The van der Waals surface area contributed by atoms with Gasteiger partial charge in [0.2, 0.25) is 0 Å². The Balaban J connectivity index is 1.57. The molecule has 6 heteroatoms. The van der Waals surface area contributed by atoms with Gasteiger partial charge in [-0.25, -0.2) is 13.2 Å². The molecule has 59 heavy (non-hydrogen) atoms. The van der Waals surface area contributed by atoms with Gasteiger partial charge in [0.25, 0.3) is 0 Å². The van der Waals surface area contributed by atoms with Crippen molar-refractivity contribution < 1.29 is 13.2 Å². The first-order valence-corrected chi connectivity index (χ1v) is 20.4. The molecule has 0 saturated carbocycles. The molecule has 0 atom stereocenters. The van der Waals surface area contributed by atoms with Crippen molar-refractivity contribution in [3.05, 3.63) is 142 Å². The molecule has 2 heterocycles. The van der Waals surface area contributed by atoms with Crippen LogP contribution in [0, 0.1) is 28.8 Å². The molecule has 0 radical (unpaired) electrons. The summed E-state index contributed by atoms with van der Waals surface area (Å²) in [6.45, 7) is 26.2. The van der Waals surface area contributed by atoms with Crippen LogP contribution in [0.3, 0.4) is 0 Å². The number of nitrogens with zero attached hydrogens (tertiary/aromatic N) is 3. The zero-order valence-electron chi connectivity index (χ0n) is 36.2. The molecule has 8 aromatic rings. The Morgan fingerprint density at radius 1 is 0.424 bits per heavy atom. The van der Waals surface area contributed by atoms with Gasteiger partial charge in [-0.3, -0.25) is 0 Å². The lowest BCUT2D eigenvalue weighted by molar-refractivity contribution is 0.548. The molecule has 0 amide bonds. The van der Waals surface area contributed by atoms with E-state index in [1.54, 1.807) is 12.1 Å². The maximum atomic E-state index is 16.0. The molecule has 300 valence electrons. The van der Waals surface area contributed by atoms with Crippen LogP contribution in [-0.4, -0.2) is 9.13 Å². The topological polar surface area (TPSA) is 33.6 Å². The van der Waals surface area contributed by atoms with E-state index in [1.165, 1.54) is 0 Å². The second-order valence-electron chi connectivity index (χ2n) is 20.3. The molecular formula is C53H52F3N3. The Morgan fingerprint density at radius 2 is 0.712 bits per heavy atom. The highest BCUT2D eigenvalue weighted by Crippen LogP contribution is 2.44. The highest BCUT2D eigenvalue weighted by Gasteiger charge is 2.28. The van der Waals surface area contributed by atoms with Gasteiger partial charge >= 0.3 is 0 Å². The summed E-state index contributed by atoms with van der Waals surface area (Å²) in [7, 11) is 0. The minimum absolute atomic E-state index is 0.136. The minimum Gasteiger partial charge on any atom is -0.308 e. The van der Waals surface area contributed by atoms with Crippen LogP contribution < -0.4 is 0 Å². The predicted molar refractivity (Wildman–Crippen MR) is 240 cm³/mol. The molecule has 0 unspecified atom stereocenters. The van der Waals surface area contributed by atoms with Crippen molar-refractivity contribution in [3.8, 4) is 28.6 Å². The molecule has 3 nitrogen and oxygen atoms in total. The predicted octanol–water partition coefficient (Wildman–Crippen LogP) is 15.0. The summed E-state index contributed by atoms with van der Waals surface area (Å²) < 4.78 is 50.6. The van der Waals surface area contributed by atoms with E-state index in [-0.39, 0.29) is 32.8 Å². The van der Waals surface area contributed by atoms with E-state index in [0.29, 0.717) is 29.1 Å². The molecule has 0 saturated heterocycles. The van der Waals surface area contributed by atoms with Crippen molar-refractivity contribution in [3.63, 3.8) is 0 Å². The molecule has 0 aliphatic rings. The van der Waals surface area contributed by atoms with Crippen LogP contribution in [0.5, 0.6) is 0 Å². The maximum absolute atomic E-state index is 16.0. The van der Waals surface area contributed by atoms with Crippen molar-refractivity contribution in [2.24, 2.45) is 0 Å². The molecule has 0 N–H and O–H groups in total. The molecule has 0 bridgehead atoms. The van der Waals surface area contributed by atoms with E-state index >= 15 is 8.78 Å². The Morgan fingerprint density at radius 3 is 0.966 bits per heavy atom. The zero-order valence-corrected chi connectivity index (χ0v) is 36.2. The third kappa shape index (κ3) is 6.69. The molecule has 8 rings (SSSR count). The fourth-order valence-corrected chi connectivity index (χ4v) is 8.47. The Bertz CT molecular complexity index is 2730. The largest absolute Gasteiger partial charge is 0.308 e. The van der Waals surface area contributed by atoms with Crippen LogP contribution in [0.25, 0.3) is 66.1 Å². The van der Waals surface area contributed by atoms with Crippen molar-refractivity contribution in [2.75, 3.05) is 0 Å². The van der Waals surface area contributed by atoms with Gasteiger partial charge < -0.3 is 9.13 Å².